The molecule has 0 spiro atoms. The molecule has 0 aliphatic rings. The summed E-state index contributed by atoms with van der Waals surface area (Å²) in [6, 6.07) is 3.79. The number of benzene rings is 1. The van der Waals surface area contributed by atoms with E-state index in [1.165, 1.54) is 4.90 Å². The Balaban J connectivity index is 3.49. The van der Waals surface area contributed by atoms with Gasteiger partial charge in [-0.05, 0) is 65.0 Å². The number of aliphatic hydroxyl groups is 1. The zero-order chi connectivity index (χ0) is 26.9. The number of amides is 3. The second-order valence-electron chi connectivity index (χ2n) is 10.6. The third kappa shape index (κ3) is 9.51. The molecule has 8 nitrogen and oxygen atoms in total. The highest BCUT2D eigenvalue weighted by Gasteiger charge is 2.38. The van der Waals surface area contributed by atoms with E-state index >= 15 is 0 Å². The summed E-state index contributed by atoms with van der Waals surface area (Å²) < 4.78 is 5.37. The minimum absolute atomic E-state index is 0.0638. The van der Waals surface area contributed by atoms with Crippen molar-refractivity contribution in [1.82, 2.24) is 15.5 Å². The van der Waals surface area contributed by atoms with Crippen molar-refractivity contribution in [1.29, 1.82) is 0 Å². The maximum Gasteiger partial charge on any atom is 0.408 e. The topological polar surface area (TPSA) is 108 Å². The number of carbonyl (C=O) groups excluding carboxylic acids is 3. The molecule has 0 saturated carbocycles. The van der Waals surface area contributed by atoms with Crippen LogP contribution in [-0.2, 0) is 14.3 Å². The number of alkyl carbamates (subject to hydrolysis) is 1. The fraction of sp³-hybridized carbons (Fsp3) is 0.667. The lowest BCUT2D eigenvalue weighted by Gasteiger charge is -2.36. The number of rotatable bonds is 11. The number of nitrogens with one attached hydrogen (secondary N) is 2. The van der Waals surface area contributed by atoms with Crippen LogP contribution >= 0.6 is 0 Å². The van der Waals surface area contributed by atoms with Crippen molar-refractivity contribution in [3.05, 3.63) is 34.9 Å². The lowest BCUT2D eigenvalue weighted by molar-refractivity contribution is -0.144. The summed E-state index contributed by atoms with van der Waals surface area (Å²) in [5.74, 6) is -1.05. The van der Waals surface area contributed by atoms with Gasteiger partial charge in [-0.1, -0.05) is 51.0 Å². The average Bonchev–Trinajstić information content (AvgIpc) is 2.72. The molecule has 0 aromatic heterocycles. The molecule has 3 atom stereocenters. The lowest BCUT2D eigenvalue weighted by atomic mass is 9.94. The Hall–Kier alpha value is -2.61. The highest BCUT2D eigenvalue weighted by Crippen LogP contribution is 2.27. The molecule has 0 fully saturated rings. The van der Waals surface area contributed by atoms with Gasteiger partial charge in [0.15, 0.2) is 0 Å². The molecule has 3 amide bonds. The van der Waals surface area contributed by atoms with Crippen LogP contribution in [0.5, 0.6) is 0 Å². The monoisotopic (exact) mass is 491 g/mol. The van der Waals surface area contributed by atoms with Crippen molar-refractivity contribution in [2.75, 3.05) is 13.2 Å². The van der Waals surface area contributed by atoms with E-state index in [1.54, 1.807) is 20.8 Å². The third-order valence-corrected chi connectivity index (χ3v) is 5.63. The van der Waals surface area contributed by atoms with Gasteiger partial charge in [-0.2, -0.15) is 0 Å². The molecule has 198 valence electrons. The molecule has 0 radical (unpaired) electrons. The highest BCUT2D eigenvalue weighted by molar-refractivity contribution is 5.92. The van der Waals surface area contributed by atoms with Crippen LogP contribution < -0.4 is 10.6 Å². The molecule has 3 unspecified atom stereocenters. The summed E-state index contributed by atoms with van der Waals surface area (Å²) in [7, 11) is 0. The van der Waals surface area contributed by atoms with Crippen LogP contribution in [0.1, 0.15) is 84.0 Å². The first kappa shape index (κ1) is 30.4. The van der Waals surface area contributed by atoms with Crippen LogP contribution in [0.15, 0.2) is 18.2 Å². The van der Waals surface area contributed by atoms with E-state index in [-0.39, 0.29) is 31.0 Å². The quantitative estimate of drug-likeness (QED) is 0.433. The van der Waals surface area contributed by atoms with E-state index in [1.807, 2.05) is 59.7 Å². The van der Waals surface area contributed by atoms with Gasteiger partial charge >= 0.3 is 6.09 Å². The van der Waals surface area contributed by atoms with Gasteiger partial charge in [0.2, 0.25) is 11.8 Å². The Morgan fingerprint density at radius 1 is 1.09 bits per heavy atom. The highest BCUT2D eigenvalue weighted by atomic mass is 16.6. The Bertz CT molecular complexity index is 863. The fourth-order valence-electron chi connectivity index (χ4n) is 3.93. The van der Waals surface area contributed by atoms with Gasteiger partial charge in [-0.15, -0.1) is 0 Å². The van der Waals surface area contributed by atoms with Gasteiger partial charge in [-0.25, -0.2) is 4.79 Å². The largest absolute Gasteiger partial charge is 0.444 e. The first-order valence-corrected chi connectivity index (χ1v) is 12.5. The second-order valence-corrected chi connectivity index (χ2v) is 10.6. The standard InChI is InChI=1S/C27H45N3O5/c1-10-11-20(6)28-24(32)23(21-16-18(4)12-13-19(21)5)30(14-15-31)25(33)22(17(2)3)29-26(34)35-27(7,8)9/h12-13,16-17,20,22-23,31H,10-11,14-15H2,1-9H3,(H,28,32)(H,29,34). The molecular formula is C27H45N3O5. The molecule has 8 heteroatoms. The maximum atomic E-state index is 13.9. The van der Waals surface area contributed by atoms with E-state index in [0.717, 1.165) is 24.0 Å². The number of carbonyl (C=O) groups is 3. The summed E-state index contributed by atoms with van der Waals surface area (Å²) in [5.41, 5.74) is 1.77. The molecule has 0 saturated heterocycles. The first-order valence-electron chi connectivity index (χ1n) is 12.5. The van der Waals surface area contributed by atoms with Gasteiger partial charge in [0.25, 0.3) is 0 Å². The number of aryl methyl sites for hydroxylation is 2. The van der Waals surface area contributed by atoms with Crippen molar-refractivity contribution in [2.45, 2.75) is 98.9 Å². The second kappa shape index (κ2) is 13.5. The van der Waals surface area contributed by atoms with Gasteiger partial charge in [0.05, 0.1) is 6.61 Å². The van der Waals surface area contributed by atoms with Crippen molar-refractivity contribution < 1.29 is 24.2 Å². The number of nitrogens with zero attached hydrogens (tertiary/aromatic N) is 1. The summed E-state index contributed by atoms with van der Waals surface area (Å²) in [5, 5.41) is 15.6. The van der Waals surface area contributed by atoms with E-state index < -0.39 is 29.7 Å². The SMILES string of the molecule is CCCC(C)NC(=O)C(c1cc(C)ccc1C)N(CCO)C(=O)C(NC(=O)OC(C)(C)C)C(C)C. The molecule has 0 aliphatic carbocycles. The normalized spacial score (nSPS) is 14.1. The van der Waals surface area contributed by atoms with Crippen LogP contribution in [0.2, 0.25) is 0 Å². The van der Waals surface area contributed by atoms with Gasteiger partial charge in [0.1, 0.15) is 17.7 Å². The smallest absolute Gasteiger partial charge is 0.408 e. The predicted molar refractivity (Wildman–Crippen MR) is 138 cm³/mol. The van der Waals surface area contributed by atoms with Crippen LogP contribution in [0, 0.1) is 19.8 Å². The lowest BCUT2D eigenvalue weighted by Crippen LogP contribution is -2.56. The first-order chi connectivity index (χ1) is 16.2. The zero-order valence-corrected chi connectivity index (χ0v) is 22.9. The van der Waals surface area contributed by atoms with Crippen LogP contribution in [0.4, 0.5) is 4.79 Å². The number of hydrogen-bond donors (Lipinski definition) is 3. The Morgan fingerprint density at radius 3 is 2.23 bits per heavy atom. The number of aliphatic hydroxyl groups excluding tert-OH is 1. The Kier molecular flexibility index (Phi) is 11.7. The molecule has 0 bridgehead atoms. The van der Waals surface area contributed by atoms with Gasteiger partial charge in [-0.3, -0.25) is 9.59 Å². The molecule has 35 heavy (non-hydrogen) atoms. The van der Waals surface area contributed by atoms with E-state index in [2.05, 4.69) is 10.6 Å². The Labute approximate surface area is 210 Å². The van der Waals surface area contributed by atoms with Gasteiger partial charge in [0, 0.05) is 12.6 Å². The van der Waals surface area contributed by atoms with Crippen molar-refractivity contribution in [3.8, 4) is 0 Å². The molecule has 1 aromatic rings. The molecule has 0 aliphatic heterocycles. The fourth-order valence-corrected chi connectivity index (χ4v) is 3.93. The summed E-state index contributed by atoms with van der Waals surface area (Å²) >= 11 is 0. The van der Waals surface area contributed by atoms with E-state index in [9.17, 15) is 19.5 Å². The number of ether oxygens (including phenoxy) is 1. The molecule has 3 N–H and O–H groups in total. The van der Waals surface area contributed by atoms with Crippen molar-refractivity contribution in [2.24, 2.45) is 5.92 Å². The minimum Gasteiger partial charge on any atom is -0.444 e. The summed E-state index contributed by atoms with van der Waals surface area (Å²) in [4.78, 5) is 41.4. The maximum absolute atomic E-state index is 13.9. The summed E-state index contributed by atoms with van der Waals surface area (Å²) in [6.07, 6.45) is 0.996. The third-order valence-electron chi connectivity index (χ3n) is 5.63. The zero-order valence-electron chi connectivity index (χ0n) is 22.9. The van der Waals surface area contributed by atoms with Crippen molar-refractivity contribution >= 4 is 17.9 Å². The minimum atomic E-state index is -0.962. The Morgan fingerprint density at radius 2 is 1.71 bits per heavy atom. The molecule has 0 heterocycles. The van der Waals surface area contributed by atoms with Crippen LogP contribution in [-0.4, -0.2) is 58.8 Å². The van der Waals surface area contributed by atoms with Gasteiger partial charge < -0.3 is 25.4 Å². The van der Waals surface area contributed by atoms with E-state index in [4.69, 9.17) is 4.74 Å². The predicted octanol–water partition coefficient (Wildman–Crippen LogP) is 4.02. The average molecular weight is 492 g/mol. The molecular weight excluding hydrogens is 446 g/mol. The number of hydrogen-bond acceptors (Lipinski definition) is 5. The van der Waals surface area contributed by atoms with Crippen LogP contribution in [0.25, 0.3) is 0 Å². The van der Waals surface area contributed by atoms with Crippen LogP contribution in [0.3, 0.4) is 0 Å². The summed E-state index contributed by atoms with van der Waals surface area (Å²) in [6.45, 7) is 16.3. The van der Waals surface area contributed by atoms with E-state index in [0.29, 0.717) is 5.56 Å². The van der Waals surface area contributed by atoms with Crippen molar-refractivity contribution in [3.63, 3.8) is 0 Å². The molecule has 1 aromatic carbocycles. The molecule has 1 rings (SSSR count).